The van der Waals surface area contributed by atoms with Gasteiger partial charge in [-0.05, 0) is 65.3 Å². The molecule has 0 aliphatic heterocycles. The Kier molecular flexibility index (Phi) is 6.64. The second kappa shape index (κ2) is 9.63. The zero-order chi connectivity index (χ0) is 25.0. The molecule has 188 valence electrons. The zero-order valence-electron chi connectivity index (χ0n) is 21.0. The number of benzene rings is 3. The number of aromatic hydroxyl groups is 1. The van der Waals surface area contributed by atoms with Gasteiger partial charge in [-0.3, -0.25) is 0 Å². The van der Waals surface area contributed by atoms with Crippen LogP contribution in [0.4, 0.5) is 0 Å². The average molecular weight is 684 g/mol. The Hall–Kier alpha value is -3.14. The van der Waals surface area contributed by atoms with Crippen LogP contribution in [0.1, 0.15) is 31.9 Å². The number of nitrogens with zero attached hydrogens (tertiary/aromatic N) is 3. The van der Waals surface area contributed by atoms with E-state index in [1.54, 1.807) is 17.8 Å². The normalized spacial score (nSPS) is 11.8. The summed E-state index contributed by atoms with van der Waals surface area (Å²) in [6.45, 7) is 8.60. The van der Waals surface area contributed by atoms with Gasteiger partial charge in [-0.25, -0.2) is 9.97 Å². The van der Waals surface area contributed by atoms with Crippen molar-refractivity contribution in [2.24, 2.45) is 0 Å². The van der Waals surface area contributed by atoms with Crippen LogP contribution in [0.25, 0.3) is 38.5 Å². The summed E-state index contributed by atoms with van der Waals surface area (Å²) in [5.41, 5.74) is 5.00. The van der Waals surface area contributed by atoms with E-state index < -0.39 is 0 Å². The Morgan fingerprint density at radius 3 is 2.46 bits per heavy atom. The standard InChI is InChI=1S/C31H26N3OS.Pt/c1-19-15-16-32-28(17-19)34-25-8-6-5-7-21(25)22-10-9-20(18-26(22)34)36-29-14-11-23-24(31(2,3)4)12-13-27(35)30(23)33-29;/h5-17,35H,1-4H3;/q-1;. The fraction of sp³-hybridized carbons (Fsp3) is 0.161. The minimum Gasteiger partial charge on any atom is -0.506 e. The van der Waals surface area contributed by atoms with E-state index in [0.717, 1.165) is 43.1 Å². The summed E-state index contributed by atoms with van der Waals surface area (Å²) in [7, 11) is 0. The SMILES string of the molecule is Cc1ccnc(-n2c3[c-]c(Sc4ccc5c(C(C)(C)C)ccc(O)c5n4)ccc3c3ccccc32)c1.[Pt]. The summed E-state index contributed by atoms with van der Waals surface area (Å²) in [5, 5.41) is 14.7. The van der Waals surface area contributed by atoms with Crippen molar-refractivity contribution in [3.8, 4) is 11.6 Å². The molecule has 0 unspecified atom stereocenters. The number of phenols is 1. The Labute approximate surface area is 235 Å². The monoisotopic (exact) mass is 683 g/mol. The van der Waals surface area contributed by atoms with Crippen LogP contribution < -0.4 is 0 Å². The number of para-hydroxylation sites is 1. The zero-order valence-corrected chi connectivity index (χ0v) is 24.1. The summed E-state index contributed by atoms with van der Waals surface area (Å²) in [5.74, 6) is 1.08. The van der Waals surface area contributed by atoms with E-state index in [4.69, 9.17) is 4.98 Å². The Morgan fingerprint density at radius 2 is 1.68 bits per heavy atom. The summed E-state index contributed by atoms with van der Waals surface area (Å²) in [6.07, 6.45) is 1.85. The van der Waals surface area contributed by atoms with Crippen molar-refractivity contribution < 1.29 is 26.2 Å². The van der Waals surface area contributed by atoms with E-state index in [1.807, 2.05) is 24.4 Å². The molecule has 0 saturated carbocycles. The van der Waals surface area contributed by atoms with Gasteiger partial charge in [-0.2, -0.15) is 12.1 Å². The van der Waals surface area contributed by atoms with Crippen LogP contribution in [-0.2, 0) is 26.5 Å². The second-order valence-electron chi connectivity index (χ2n) is 10.2. The molecule has 1 N–H and O–H groups in total. The van der Waals surface area contributed by atoms with Crippen LogP contribution >= 0.6 is 11.8 Å². The maximum Gasteiger partial charge on any atom is 0.141 e. The van der Waals surface area contributed by atoms with E-state index in [2.05, 4.69) is 91.8 Å². The fourth-order valence-corrected chi connectivity index (χ4v) is 5.60. The summed E-state index contributed by atoms with van der Waals surface area (Å²) < 4.78 is 2.18. The third-order valence-electron chi connectivity index (χ3n) is 6.52. The summed E-state index contributed by atoms with van der Waals surface area (Å²) in [6, 6.07) is 28.2. The van der Waals surface area contributed by atoms with Gasteiger partial charge in [0.05, 0.1) is 5.03 Å². The smallest absolute Gasteiger partial charge is 0.141 e. The van der Waals surface area contributed by atoms with Crippen molar-refractivity contribution in [2.75, 3.05) is 0 Å². The Bertz CT molecular complexity index is 1790. The van der Waals surface area contributed by atoms with Crippen molar-refractivity contribution in [3.05, 3.63) is 96.2 Å². The number of aromatic nitrogens is 3. The molecule has 6 heteroatoms. The molecule has 3 aromatic carbocycles. The molecule has 0 radical (unpaired) electrons. The largest absolute Gasteiger partial charge is 0.506 e. The van der Waals surface area contributed by atoms with Gasteiger partial charge in [0.15, 0.2) is 0 Å². The van der Waals surface area contributed by atoms with Gasteiger partial charge < -0.3 is 9.67 Å². The Balaban J connectivity index is 0.00000280. The number of rotatable bonds is 3. The molecule has 0 fully saturated rings. The van der Waals surface area contributed by atoms with Crippen molar-refractivity contribution in [3.63, 3.8) is 0 Å². The van der Waals surface area contributed by atoms with Gasteiger partial charge >= 0.3 is 0 Å². The van der Waals surface area contributed by atoms with Crippen molar-refractivity contribution in [2.45, 2.75) is 43.0 Å². The molecule has 3 heterocycles. The van der Waals surface area contributed by atoms with Crippen LogP contribution in [0.5, 0.6) is 5.75 Å². The fourth-order valence-electron chi connectivity index (χ4n) is 4.82. The maximum atomic E-state index is 10.6. The van der Waals surface area contributed by atoms with Crippen LogP contribution in [0.2, 0.25) is 0 Å². The molecule has 4 nitrogen and oxygen atoms in total. The number of hydrogen-bond donors (Lipinski definition) is 1. The van der Waals surface area contributed by atoms with Crippen LogP contribution in [0.15, 0.2) is 88.9 Å². The van der Waals surface area contributed by atoms with Crippen LogP contribution in [-0.4, -0.2) is 19.6 Å². The maximum absolute atomic E-state index is 10.6. The quantitative estimate of drug-likeness (QED) is 0.192. The molecule has 3 aromatic heterocycles. The first-order valence-corrected chi connectivity index (χ1v) is 12.8. The molecular weight excluding hydrogens is 658 g/mol. The van der Waals surface area contributed by atoms with E-state index >= 15 is 0 Å². The molecule has 0 bridgehead atoms. The number of fused-ring (bicyclic) bond motifs is 4. The summed E-state index contributed by atoms with van der Waals surface area (Å²) >= 11 is 1.54. The topological polar surface area (TPSA) is 50.9 Å². The number of hydrogen-bond acceptors (Lipinski definition) is 4. The van der Waals surface area contributed by atoms with Gasteiger partial charge in [0, 0.05) is 38.2 Å². The third-order valence-corrected chi connectivity index (χ3v) is 7.41. The minimum absolute atomic E-state index is 0. The van der Waals surface area contributed by atoms with Crippen molar-refractivity contribution in [1.82, 2.24) is 14.5 Å². The number of aryl methyl sites for hydroxylation is 1. The van der Waals surface area contributed by atoms with Crippen molar-refractivity contribution >= 4 is 44.5 Å². The van der Waals surface area contributed by atoms with E-state index in [1.165, 1.54) is 10.9 Å². The third kappa shape index (κ3) is 4.56. The first-order chi connectivity index (χ1) is 17.3. The summed E-state index contributed by atoms with van der Waals surface area (Å²) in [4.78, 5) is 10.5. The predicted molar refractivity (Wildman–Crippen MR) is 148 cm³/mol. The molecule has 0 saturated heterocycles. The van der Waals surface area contributed by atoms with E-state index in [-0.39, 0.29) is 32.2 Å². The number of pyridine rings is 2. The molecule has 6 aromatic rings. The molecule has 0 atom stereocenters. The van der Waals surface area contributed by atoms with Crippen LogP contribution in [0, 0.1) is 13.0 Å². The number of phenolic OH excluding ortho intramolecular Hbond substituents is 1. The van der Waals surface area contributed by atoms with E-state index in [0.29, 0.717) is 5.52 Å². The van der Waals surface area contributed by atoms with Gasteiger partial charge in [0.2, 0.25) is 0 Å². The molecular formula is C31H26N3OPtS-. The van der Waals surface area contributed by atoms with Gasteiger partial charge in [0.25, 0.3) is 0 Å². The van der Waals surface area contributed by atoms with Crippen molar-refractivity contribution in [1.29, 1.82) is 0 Å². The molecule has 0 aliphatic carbocycles. The van der Waals surface area contributed by atoms with Gasteiger partial charge in [-0.1, -0.05) is 67.2 Å². The molecule has 0 amide bonds. The average Bonchev–Trinajstić information content (AvgIpc) is 3.17. The van der Waals surface area contributed by atoms with Crippen LogP contribution in [0.3, 0.4) is 0 Å². The Morgan fingerprint density at radius 1 is 0.892 bits per heavy atom. The molecule has 6 rings (SSSR count). The van der Waals surface area contributed by atoms with Gasteiger partial charge in [-0.15, -0.1) is 11.5 Å². The molecule has 0 aliphatic rings. The first-order valence-electron chi connectivity index (χ1n) is 12.0. The van der Waals surface area contributed by atoms with Gasteiger partial charge in [0.1, 0.15) is 17.1 Å². The molecule has 0 spiro atoms. The first kappa shape index (κ1) is 25.5. The predicted octanol–water partition coefficient (Wildman–Crippen LogP) is 7.99. The second-order valence-corrected chi connectivity index (χ2v) is 11.2. The minimum atomic E-state index is -0.0433. The van der Waals surface area contributed by atoms with E-state index in [9.17, 15) is 5.11 Å². The molecule has 37 heavy (non-hydrogen) atoms.